The molecule has 3 rings (SSSR count). The van der Waals surface area contributed by atoms with Gasteiger partial charge >= 0.3 is 0 Å². The van der Waals surface area contributed by atoms with Crippen molar-refractivity contribution in [3.05, 3.63) is 60.3 Å². The third-order valence-electron chi connectivity index (χ3n) is 3.50. The van der Waals surface area contributed by atoms with E-state index < -0.39 is 0 Å². The smallest absolute Gasteiger partial charge is 0.103 e. The Morgan fingerprint density at radius 3 is 2.48 bits per heavy atom. The minimum absolute atomic E-state index is 0.102. The molecule has 0 aliphatic carbocycles. The molecule has 0 fully saturated rings. The summed E-state index contributed by atoms with van der Waals surface area (Å²) in [6, 6.07) is 15.9. The minimum atomic E-state index is 0.102. The molecule has 0 amide bonds. The second kappa shape index (κ2) is 5.40. The molecule has 0 aliphatic rings. The van der Waals surface area contributed by atoms with Gasteiger partial charge in [0.2, 0.25) is 0 Å². The van der Waals surface area contributed by atoms with E-state index in [1.807, 2.05) is 73.1 Å². The number of oxime groups is 1. The van der Waals surface area contributed by atoms with Crippen molar-refractivity contribution in [3.8, 4) is 11.3 Å². The Bertz CT molecular complexity index is 788. The number of rotatable bonds is 3. The molecule has 1 aromatic carbocycles. The molecule has 0 unspecified atom stereocenters. The normalized spacial score (nSPS) is 12.2. The lowest BCUT2D eigenvalue weighted by Crippen LogP contribution is -2.10. The third kappa shape index (κ3) is 2.29. The molecule has 4 heteroatoms. The number of aromatic nitrogens is 2. The highest BCUT2D eigenvalue weighted by Gasteiger charge is 2.21. The molecule has 0 saturated carbocycles. The Labute approximate surface area is 123 Å². The van der Waals surface area contributed by atoms with Gasteiger partial charge < -0.3 is 5.21 Å². The van der Waals surface area contributed by atoms with Crippen molar-refractivity contribution in [1.82, 2.24) is 9.61 Å². The summed E-state index contributed by atoms with van der Waals surface area (Å²) in [6.45, 7) is 4.02. The molecule has 106 valence electrons. The molecule has 0 saturated heterocycles. The number of hydrogen-bond donors (Lipinski definition) is 1. The van der Waals surface area contributed by atoms with Crippen LogP contribution in [0.4, 0.5) is 0 Å². The van der Waals surface area contributed by atoms with E-state index in [2.05, 4.69) is 10.3 Å². The molecule has 2 aromatic heterocycles. The number of hydrogen-bond acceptors (Lipinski definition) is 3. The zero-order valence-corrected chi connectivity index (χ0v) is 12.1. The van der Waals surface area contributed by atoms with Gasteiger partial charge in [-0.2, -0.15) is 5.10 Å². The maximum atomic E-state index is 9.45. The first-order chi connectivity index (χ1) is 10.2. The Morgan fingerprint density at radius 2 is 1.81 bits per heavy atom. The van der Waals surface area contributed by atoms with E-state index in [1.165, 1.54) is 0 Å². The zero-order chi connectivity index (χ0) is 14.8. The van der Waals surface area contributed by atoms with E-state index in [4.69, 9.17) is 0 Å². The summed E-state index contributed by atoms with van der Waals surface area (Å²) in [5, 5.41) is 17.6. The highest BCUT2D eigenvalue weighted by molar-refractivity contribution is 6.11. The maximum Gasteiger partial charge on any atom is 0.103 e. The van der Waals surface area contributed by atoms with Crippen LogP contribution >= 0.6 is 0 Å². The van der Waals surface area contributed by atoms with Gasteiger partial charge in [0.1, 0.15) is 5.69 Å². The molecule has 0 atom stereocenters. The molecule has 0 spiro atoms. The van der Waals surface area contributed by atoms with E-state index >= 15 is 0 Å². The second-order valence-corrected chi connectivity index (χ2v) is 5.26. The van der Waals surface area contributed by atoms with Crippen LogP contribution in [-0.4, -0.2) is 20.5 Å². The van der Waals surface area contributed by atoms with Gasteiger partial charge in [0.15, 0.2) is 0 Å². The van der Waals surface area contributed by atoms with Crippen molar-refractivity contribution in [2.75, 3.05) is 0 Å². The molecule has 0 bridgehead atoms. The lowest BCUT2D eigenvalue weighted by molar-refractivity contribution is 0.316. The molecule has 2 heterocycles. The summed E-state index contributed by atoms with van der Waals surface area (Å²) in [7, 11) is 0. The molecule has 1 N–H and O–H groups in total. The largest absolute Gasteiger partial charge is 0.411 e. The molecule has 4 nitrogen and oxygen atoms in total. The van der Waals surface area contributed by atoms with E-state index in [-0.39, 0.29) is 5.92 Å². The first-order valence-corrected chi connectivity index (χ1v) is 6.97. The minimum Gasteiger partial charge on any atom is -0.411 e. The fourth-order valence-electron chi connectivity index (χ4n) is 2.50. The third-order valence-corrected chi connectivity index (χ3v) is 3.50. The van der Waals surface area contributed by atoms with Crippen LogP contribution in [0.1, 0.15) is 19.4 Å². The number of nitrogens with zero attached hydrogens (tertiary/aromatic N) is 3. The predicted molar refractivity (Wildman–Crippen MR) is 83.8 cm³/mol. The van der Waals surface area contributed by atoms with Gasteiger partial charge in [-0.15, -0.1) is 0 Å². The van der Waals surface area contributed by atoms with Crippen LogP contribution in [0.3, 0.4) is 0 Å². The van der Waals surface area contributed by atoms with Gasteiger partial charge in [-0.25, -0.2) is 4.52 Å². The maximum absolute atomic E-state index is 9.45. The van der Waals surface area contributed by atoms with Gasteiger partial charge in [-0.05, 0) is 18.1 Å². The first kappa shape index (κ1) is 13.4. The highest BCUT2D eigenvalue weighted by Crippen LogP contribution is 2.28. The number of benzene rings is 1. The van der Waals surface area contributed by atoms with Gasteiger partial charge in [0, 0.05) is 11.8 Å². The Kier molecular flexibility index (Phi) is 3.44. The molecule has 21 heavy (non-hydrogen) atoms. The fraction of sp³-hybridized carbons (Fsp3) is 0.176. The molecular formula is C17H17N3O. The van der Waals surface area contributed by atoms with Crippen molar-refractivity contribution in [3.63, 3.8) is 0 Å². The zero-order valence-electron chi connectivity index (χ0n) is 12.1. The summed E-state index contributed by atoms with van der Waals surface area (Å²) in [4.78, 5) is 0. The quantitative estimate of drug-likeness (QED) is 0.450. The topological polar surface area (TPSA) is 49.9 Å². The van der Waals surface area contributed by atoms with Crippen molar-refractivity contribution >= 4 is 11.2 Å². The summed E-state index contributed by atoms with van der Waals surface area (Å²) in [6.07, 6.45) is 1.90. The average molecular weight is 279 g/mol. The van der Waals surface area contributed by atoms with Crippen LogP contribution in [0, 0.1) is 5.92 Å². The summed E-state index contributed by atoms with van der Waals surface area (Å²) in [5.41, 5.74) is 4.33. The SMILES string of the molecule is CC(C)C(=NO)c1c(-c2ccccc2)nn2ccccc12. The lowest BCUT2D eigenvalue weighted by atomic mass is 9.96. The van der Waals surface area contributed by atoms with Crippen LogP contribution < -0.4 is 0 Å². The van der Waals surface area contributed by atoms with Gasteiger partial charge in [-0.1, -0.05) is 55.4 Å². The van der Waals surface area contributed by atoms with Gasteiger partial charge in [0.25, 0.3) is 0 Å². The predicted octanol–water partition coefficient (Wildman–Crippen LogP) is 3.84. The Morgan fingerprint density at radius 1 is 1.10 bits per heavy atom. The van der Waals surface area contributed by atoms with Crippen molar-refractivity contribution in [2.24, 2.45) is 11.1 Å². The van der Waals surface area contributed by atoms with Crippen LogP contribution in [-0.2, 0) is 0 Å². The Hall–Kier alpha value is -2.62. The van der Waals surface area contributed by atoms with Crippen molar-refractivity contribution < 1.29 is 5.21 Å². The van der Waals surface area contributed by atoms with Crippen molar-refractivity contribution in [1.29, 1.82) is 0 Å². The second-order valence-electron chi connectivity index (χ2n) is 5.26. The molecule has 0 radical (unpaired) electrons. The van der Waals surface area contributed by atoms with Gasteiger partial charge in [-0.3, -0.25) is 0 Å². The lowest BCUT2D eigenvalue weighted by Gasteiger charge is -2.09. The van der Waals surface area contributed by atoms with E-state index in [1.54, 1.807) is 0 Å². The fourth-order valence-corrected chi connectivity index (χ4v) is 2.50. The van der Waals surface area contributed by atoms with Crippen LogP contribution in [0.15, 0.2) is 59.9 Å². The summed E-state index contributed by atoms with van der Waals surface area (Å²) < 4.78 is 1.82. The number of pyridine rings is 1. The molecular weight excluding hydrogens is 262 g/mol. The van der Waals surface area contributed by atoms with Crippen LogP contribution in [0.5, 0.6) is 0 Å². The Balaban J connectivity index is 2.34. The summed E-state index contributed by atoms with van der Waals surface area (Å²) >= 11 is 0. The standard InChI is InChI=1S/C17H17N3O/c1-12(2)16(19-21)15-14-10-6-7-11-20(14)18-17(15)13-8-4-3-5-9-13/h3-12,21H,1-2H3. The molecule has 0 aliphatic heterocycles. The first-order valence-electron chi connectivity index (χ1n) is 6.97. The van der Waals surface area contributed by atoms with Gasteiger partial charge in [0.05, 0.1) is 16.8 Å². The van der Waals surface area contributed by atoms with Crippen molar-refractivity contribution in [2.45, 2.75) is 13.8 Å². The average Bonchev–Trinajstić information content (AvgIpc) is 2.88. The monoisotopic (exact) mass is 279 g/mol. The van der Waals surface area contributed by atoms with Crippen LogP contribution in [0.2, 0.25) is 0 Å². The van der Waals surface area contributed by atoms with Crippen LogP contribution in [0.25, 0.3) is 16.8 Å². The number of fused-ring (bicyclic) bond motifs is 1. The molecule has 3 aromatic rings. The van der Waals surface area contributed by atoms with E-state index in [9.17, 15) is 5.21 Å². The highest BCUT2D eigenvalue weighted by atomic mass is 16.4. The van der Waals surface area contributed by atoms with E-state index in [0.717, 1.165) is 22.3 Å². The van der Waals surface area contributed by atoms with E-state index in [0.29, 0.717) is 5.71 Å². The summed E-state index contributed by atoms with van der Waals surface area (Å²) in [5.74, 6) is 0.102.